The van der Waals surface area contributed by atoms with Crippen LogP contribution in [0, 0.1) is 0 Å². The van der Waals surface area contributed by atoms with Crippen LogP contribution in [0.25, 0.3) is 11.5 Å². The van der Waals surface area contributed by atoms with Crippen LogP contribution < -0.4 is 0 Å². The van der Waals surface area contributed by atoms with Gasteiger partial charge < -0.3 is 21.7 Å². The molecule has 1 aromatic heterocycles. The van der Waals surface area contributed by atoms with Crippen molar-refractivity contribution in [3.63, 3.8) is 0 Å². The van der Waals surface area contributed by atoms with Crippen LogP contribution >= 0.6 is 0 Å². The molecule has 0 unspecified atom stereocenters. The average molecular weight is 350 g/mol. The molecule has 0 spiro atoms. The van der Waals surface area contributed by atoms with E-state index in [4.69, 9.17) is 25.4 Å². The predicted molar refractivity (Wildman–Crippen MR) is 77.3 cm³/mol. The first-order valence-electron chi connectivity index (χ1n) is 6.26. The van der Waals surface area contributed by atoms with E-state index in [0.29, 0.717) is 24.5 Å². The summed E-state index contributed by atoms with van der Waals surface area (Å²) in [6, 6.07) is 4.71. The molecule has 9 heteroatoms. The molecule has 0 saturated heterocycles. The molecule has 0 aliphatic carbocycles. The van der Waals surface area contributed by atoms with Crippen LogP contribution in [0.5, 0.6) is 0 Å². The Kier molecular flexibility index (Phi) is 22.4. The zero-order chi connectivity index (χ0) is 18.0. The van der Waals surface area contributed by atoms with E-state index in [2.05, 4.69) is 4.98 Å². The molecule has 1 heterocycles. The van der Waals surface area contributed by atoms with Crippen molar-refractivity contribution in [3.8, 4) is 0 Å². The van der Waals surface area contributed by atoms with Gasteiger partial charge in [0.15, 0.2) is 0 Å². The fourth-order valence-electron chi connectivity index (χ4n) is 1.04. The van der Waals surface area contributed by atoms with Crippen molar-refractivity contribution in [2.75, 3.05) is 13.1 Å². The maximum atomic E-state index is 10.3. The SMILES string of the molecule is CC[NH-].CC[NH-].O=C(O)Cc1cccc(CC(=O)O)n1.[O]=[V+2]. The van der Waals surface area contributed by atoms with Crippen molar-refractivity contribution in [2.45, 2.75) is 26.7 Å². The first kappa shape index (κ1) is 25.4. The molecular formula is C13H21N3O5V. The molecule has 123 valence electrons. The Morgan fingerprint density at radius 2 is 1.27 bits per heavy atom. The summed E-state index contributed by atoms with van der Waals surface area (Å²) in [7, 11) is 0. The van der Waals surface area contributed by atoms with E-state index in [9.17, 15) is 9.59 Å². The zero-order valence-electron chi connectivity index (χ0n) is 12.6. The van der Waals surface area contributed by atoms with Gasteiger partial charge in [-0.1, -0.05) is 19.9 Å². The molecule has 0 aliphatic heterocycles. The van der Waals surface area contributed by atoms with Crippen LogP contribution in [0.3, 0.4) is 0 Å². The fraction of sp³-hybridized carbons (Fsp3) is 0.462. The van der Waals surface area contributed by atoms with Gasteiger partial charge in [0.1, 0.15) is 0 Å². The molecule has 0 saturated carbocycles. The van der Waals surface area contributed by atoms with Gasteiger partial charge in [-0.15, -0.1) is 0 Å². The summed E-state index contributed by atoms with van der Waals surface area (Å²) in [4.78, 5) is 24.6. The number of hydrogen-bond acceptors (Lipinski definition) is 4. The number of nitrogens with zero attached hydrogens (tertiary/aromatic N) is 1. The minimum absolute atomic E-state index is 0.187. The van der Waals surface area contributed by atoms with Gasteiger partial charge in [-0.2, -0.15) is 13.1 Å². The summed E-state index contributed by atoms with van der Waals surface area (Å²) in [6.07, 6.45) is -0.374. The van der Waals surface area contributed by atoms with Crippen molar-refractivity contribution >= 4 is 11.9 Å². The van der Waals surface area contributed by atoms with Gasteiger partial charge in [0.2, 0.25) is 0 Å². The zero-order valence-corrected chi connectivity index (χ0v) is 14.0. The summed E-state index contributed by atoms with van der Waals surface area (Å²) < 4.78 is 8.19. The number of aliphatic carboxylic acids is 2. The summed E-state index contributed by atoms with van der Waals surface area (Å²) in [5, 5.41) is 17.0. The third-order valence-corrected chi connectivity index (χ3v) is 1.53. The summed E-state index contributed by atoms with van der Waals surface area (Å²) in [6.45, 7) is 4.58. The van der Waals surface area contributed by atoms with Crippen LogP contribution in [0.1, 0.15) is 25.2 Å². The summed E-state index contributed by atoms with van der Waals surface area (Å²) in [5.41, 5.74) is 13.2. The summed E-state index contributed by atoms with van der Waals surface area (Å²) >= 11 is 1.06. The normalized spacial score (nSPS) is 8.09. The first-order valence-corrected chi connectivity index (χ1v) is 6.83. The van der Waals surface area contributed by atoms with Crippen molar-refractivity contribution in [1.82, 2.24) is 4.98 Å². The van der Waals surface area contributed by atoms with Crippen molar-refractivity contribution in [3.05, 3.63) is 41.1 Å². The number of hydrogen-bond donors (Lipinski definition) is 2. The number of rotatable bonds is 4. The van der Waals surface area contributed by atoms with E-state index in [0.717, 1.165) is 17.4 Å². The second kappa shape index (κ2) is 19.4. The Balaban J connectivity index is -0.000000382. The molecule has 0 fully saturated rings. The number of nitrogens with one attached hydrogen (secondary N) is 2. The van der Waals surface area contributed by atoms with Gasteiger partial charge >= 0.3 is 33.0 Å². The van der Waals surface area contributed by atoms with Crippen LogP contribution in [0.2, 0.25) is 0 Å². The van der Waals surface area contributed by atoms with E-state index < -0.39 is 11.9 Å². The fourth-order valence-corrected chi connectivity index (χ4v) is 1.04. The number of carboxylic acid groups (broad SMARTS) is 2. The van der Waals surface area contributed by atoms with E-state index in [-0.39, 0.29) is 12.8 Å². The molecule has 1 aromatic rings. The van der Waals surface area contributed by atoms with E-state index in [1.54, 1.807) is 32.0 Å². The van der Waals surface area contributed by atoms with Crippen molar-refractivity contribution < 1.29 is 40.8 Å². The molecule has 0 atom stereocenters. The molecule has 0 radical (unpaired) electrons. The van der Waals surface area contributed by atoms with Crippen LogP contribution in [0.4, 0.5) is 0 Å². The first-order chi connectivity index (χ1) is 10.4. The number of carbonyl (C=O) groups is 2. The molecule has 0 amide bonds. The van der Waals surface area contributed by atoms with Crippen LogP contribution in [0.15, 0.2) is 18.2 Å². The molecular weight excluding hydrogens is 329 g/mol. The van der Waals surface area contributed by atoms with Gasteiger partial charge in [-0.3, -0.25) is 14.6 Å². The Morgan fingerprint density at radius 3 is 1.50 bits per heavy atom. The monoisotopic (exact) mass is 350 g/mol. The topological polar surface area (TPSA) is 152 Å². The van der Waals surface area contributed by atoms with Crippen molar-refractivity contribution in [2.24, 2.45) is 0 Å². The Bertz CT molecular complexity index is 385. The number of aromatic nitrogens is 1. The molecule has 1 rings (SSSR count). The number of carboxylic acids is 2. The second-order valence-corrected chi connectivity index (χ2v) is 3.47. The van der Waals surface area contributed by atoms with E-state index >= 15 is 0 Å². The predicted octanol–water partition coefficient (Wildman–Crippen LogP) is 2.33. The Hall–Kier alpha value is -1.61. The van der Waals surface area contributed by atoms with E-state index in [1.807, 2.05) is 0 Å². The van der Waals surface area contributed by atoms with Gasteiger partial charge in [0, 0.05) is 0 Å². The second-order valence-electron chi connectivity index (χ2n) is 3.47. The minimum atomic E-state index is -0.982. The van der Waals surface area contributed by atoms with Gasteiger partial charge in [-0.25, -0.2) is 0 Å². The quantitative estimate of drug-likeness (QED) is 0.850. The molecule has 22 heavy (non-hydrogen) atoms. The molecule has 0 bridgehead atoms. The van der Waals surface area contributed by atoms with Crippen LogP contribution in [-0.4, -0.2) is 40.2 Å². The van der Waals surface area contributed by atoms with Crippen molar-refractivity contribution in [1.29, 1.82) is 0 Å². The molecule has 4 N–H and O–H groups in total. The third-order valence-electron chi connectivity index (χ3n) is 1.53. The molecule has 0 aliphatic rings. The third kappa shape index (κ3) is 20.7. The summed E-state index contributed by atoms with van der Waals surface area (Å²) in [5.74, 6) is -1.96. The van der Waals surface area contributed by atoms with Gasteiger partial charge in [0.05, 0.1) is 24.2 Å². The Morgan fingerprint density at radius 1 is 1.00 bits per heavy atom. The van der Waals surface area contributed by atoms with Crippen LogP contribution in [-0.2, 0) is 43.5 Å². The van der Waals surface area contributed by atoms with Gasteiger partial charge in [-0.05, 0) is 12.1 Å². The molecule has 0 aromatic carbocycles. The molecule has 8 nitrogen and oxygen atoms in total. The van der Waals surface area contributed by atoms with Gasteiger partial charge in [0.25, 0.3) is 0 Å². The average Bonchev–Trinajstić information content (AvgIpc) is 2.41. The maximum absolute atomic E-state index is 10.3. The Labute approximate surface area is 139 Å². The van der Waals surface area contributed by atoms with E-state index in [1.165, 1.54) is 0 Å². The standard InChI is InChI=1S/C9H9NO4.2C2H6N.O.V/c11-8(12)4-6-2-1-3-7(10-6)5-9(13)14;2*1-2-3;;/h1-3H,4-5H2,(H,11,12)(H,13,14);2*3H,2H2,1H3;;/q;2*-1;;+2. The number of pyridine rings is 1.